The largest absolute Gasteiger partial charge is 0.368 e. The van der Waals surface area contributed by atoms with Crippen molar-refractivity contribution in [3.63, 3.8) is 0 Å². The standard InChI is InChI=1S/C10H12N2O2/c11-5-3-9-13-7-1-2-8-14-10-4-6-12/h3-4,7-10H2. The first kappa shape index (κ1) is 12.5. The molecular formula is C10H12N2O2. The number of nitriles is 2. The van der Waals surface area contributed by atoms with Crippen molar-refractivity contribution in [2.75, 3.05) is 26.4 Å². The molecule has 0 aliphatic heterocycles. The van der Waals surface area contributed by atoms with E-state index in [4.69, 9.17) is 20.0 Å². The third-order valence-corrected chi connectivity index (χ3v) is 1.19. The van der Waals surface area contributed by atoms with Crippen molar-refractivity contribution in [3.05, 3.63) is 0 Å². The van der Waals surface area contributed by atoms with E-state index in [-0.39, 0.29) is 0 Å². The number of hydrogen-bond donors (Lipinski definition) is 0. The molecule has 0 heterocycles. The second-order valence-electron chi connectivity index (χ2n) is 2.27. The lowest BCUT2D eigenvalue weighted by atomic mass is 10.5. The molecule has 4 heteroatoms. The molecule has 0 saturated heterocycles. The van der Waals surface area contributed by atoms with Gasteiger partial charge in [-0.25, -0.2) is 0 Å². The highest BCUT2D eigenvalue weighted by Crippen LogP contribution is 1.80. The quantitative estimate of drug-likeness (QED) is 0.462. The fraction of sp³-hybridized carbons (Fsp3) is 0.600. The third-order valence-electron chi connectivity index (χ3n) is 1.19. The summed E-state index contributed by atoms with van der Waals surface area (Å²) in [5, 5.41) is 16.4. The molecular weight excluding hydrogens is 180 g/mol. The van der Waals surface area contributed by atoms with E-state index in [2.05, 4.69) is 11.8 Å². The Morgan fingerprint density at radius 1 is 0.786 bits per heavy atom. The average Bonchev–Trinajstić information content (AvgIpc) is 2.21. The van der Waals surface area contributed by atoms with Crippen LogP contribution in [0.5, 0.6) is 0 Å². The van der Waals surface area contributed by atoms with E-state index in [1.807, 2.05) is 12.1 Å². The summed E-state index contributed by atoms with van der Waals surface area (Å²) in [6, 6.07) is 3.93. The van der Waals surface area contributed by atoms with Crippen molar-refractivity contribution in [1.82, 2.24) is 0 Å². The van der Waals surface area contributed by atoms with Gasteiger partial charge in [0.1, 0.15) is 13.2 Å². The average molecular weight is 192 g/mol. The van der Waals surface area contributed by atoms with Crippen LogP contribution in [0.2, 0.25) is 0 Å². The smallest absolute Gasteiger partial charge is 0.107 e. The maximum Gasteiger partial charge on any atom is 0.107 e. The van der Waals surface area contributed by atoms with Gasteiger partial charge in [0.25, 0.3) is 0 Å². The molecule has 0 atom stereocenters. The summed E-state index contributed by atoms with van der Waals surface area (Å²) in [6.45, 7) is 1.48. The molecule has 0 aromatic carbocycles. The van der Waals surface area contributed by atoms with Gasteiger partial charge >= 0.3 is 0 Å². The lowest BCUT2D eigenvalue weighted by Gasteiger charge is -1.93. The highest BCUT2D eigenvalue weighted by Gasteiger charge is 1.83. The van der Waals surface area contributed by atoms with Crippen LogP contribution in [-0.4, -0.2) is 26.4 Å². The molecule has 4 nitrogen and oxygen atoms in total. The summed E-state index contributed by atoms with van der Waals surface area (Å²) < 4.78 is 10.00. The number of ether oxygens (including phenoxy) is 2. The highest BCUT2D eigenvalue weighted by molar-refractivity contribution is 4.99. The Balaban J connectivity index is 3.12. The first-order chi connectivity index (χ1) is 6.91. The van der Waals surface area contributed by atoms with E-state index in [9.17, 15) is 0 Å². The molecule has 0 aliphatic rings. The van der Waals surface area contributed by atoms with Crippen LogP contribution >= 0.6 is 0 Å². The van der Waals surface area contributed by atoms with Gasteiger partial charge in [-0.3, -0.25) is 0 Å². The first-order valence-corrected chi connectivity index (χ1v) is 4.27. The van der Waals surface area contributed by atoms with E-state index < -0.39 is 0 Å². The minimum atomic E-state index is 0.323. The van der Waals surface area contributed by atoms with Crippen molar-refractivity contribution in [1.29, 1.82) is 10.5 Å². The van der Waals surface area contributed by atoms with Gasteiger partial charge in [-0.05, 0) is 0 Å². The monoisotopic (exact) mass is 192 g/mol. The number of hydrogen-bond acceptors (Lipinski definition) is 4. The molecule has 0 aromatic heterocycles. The van der Waals surface area contributed by atoms with Crippen LogP contribution in [0.3, 0.4) is 0 Å². The fourth-order valence-corrected chi connectivity index (χ4v) is 0.584. The molecule has 0 aliphatic carbocycles. The van der Waals surface area contributed by atoms with Crippen molar-refractivity contribution in [2.45, 2.75) is 12.8 Å². The van der Waals surface area contributed by atoms with Gasteiger partial charge in [-0.2, -0.15) is 10.5 Å². The predicted molar refractivity (Wildman–Crippen MR) is 49.9 cm³/mol. The lowest BCUT2D eigenvalue weighted by molar-refractivity contribution is 0.168. The Bertz CT molecular complexity index is 239. The normalized spacial score (nSPS) is 8.14. The van der Waals surface area contributed by atoms with Gasteiger partial charge < -0.3 is 9.47 Å². The van der Waals surface area contributed by atoms with Gasteiger partial charge in [0.05, 0.1) is 38.2 Å². The van der Waals surface area contributed by atoms with Crippen LogP contribution in [0.25, 0.3) is 0 Å². The minimum Gasteiger partial charge on any atom is -0.368 e. The van der Waals surface area contributed by atoms with E-state index >= 15 is 0 Å². The molecule has 0 amide bonds. The Hall–Kier alpha value is -1.54. The summed E-state index contributed by atoms with van der Waals surface area (Å²) in [5.41, 5.74) is 0. The molecule has 0 aromatic rings. The summed E-state index contributed by atoms with van der Waals surface area (Å²) >= 11 is 0. The highest BCUT2D eigenvalue weighted by atomic mass is 16.5. The van der Waals surface area contributed by atoms with Crippen LogP contribution in [-0.2, 0) is 9.47 Å². The summed E-state index contributed by atoms with van der Waals surface area (Å²) in [6.07, 6.45) is 0.778. The van der Waals surface area contributed by atoms with Crippen LogP contribution in [0.4, 0.5) is 0 Å². The SMILES string of the molecule is N#CCCOCC#CCOCCC#N. The van der Waals surface area contributed by atoms with Crippen LogP contribution in [0.15, 0.2) is 0 Å². The van der Waals surface area contributed by atoms with E-state index in [1.165, 1.54) is 0 Å². The summed E-state index contributed by atoms with van der Waals surface area (Å²) in [4.78, 5) is 0. The molecule has 0 saturated carbocycles. The van der Waals surface area contributed by atoms with Crippen LogP contribution in [0.1, 0.15) is 12.8 Å². The minimum absolute atomic E-state index is 0.323. The molecule has 0 spiro atoms. The summed E-state index contributed by atoms with van der Waals surface area (Å²) in [7, 11) is 0. The van der Waals surface area contributed by atoms with Crippen molar-refractivity contribution >= 4 is 0 Å². The van der Waals surface area contributed by atoms with Crippen molar-refractivity contribution < 1.29 is 9.47 Å². The van der Waals surface area contributed by atoms with Crippen LogP contribution in [0, 0.1) is 34.5 Å². The van der Waals surface area contributed by atoms with E-state index in [0.29, 0.717) is 39.3 Å². The molecule has 0 radical (unpaired) electrons. The summed E-state index contributed by atoms with van der Waals surface area (Å²) in [5.74, 6) is 5.46. The van der Waals surface area contributed by atoms with Gasteiger partial charge in [0.15, 0.2) is 0 Å². The predicted octanol–water partition coefficient (Wildman–Crippen LogP) is 0.850. The first-order valence-electron chi connectivity index (χ1n) is 4.27. The Kier molecular flexibility index (Phi) is 10.2. The molecule has 14 heavy (non-hydrogen) atoms. The lowest BCUT2D eigenvalue weighted by Crippen LogP contribution is -1.95. The zero-order chi connectivity index (χ0) is 10.5. The van der Waals surface area contributed by atoms with Crippen molar-refractivity contribution in [2.24, 2.45) is 0 Å². The molecule has 74 valence electrons. The van der Waals surface area contributed by atoms with Crippen LogP contribution < -0.4 is 0 Å². The second kappa shape index (κ2) is 11.5. The van der Waals surface area contributed by atoms with Gasteiger partial charge in [0.2, 0.25) is 0 Å². The Labute approximate surface area is 84.0 Å². The molecule has 0 N–H and O–H groups in total. The topological polar surface area (TPSA) is 66.0 Å². The Morgan fingerprint density at radius 2 is 1.21 bits per heavy atom. The number of nitrogens with zero attached hydrogens (tertiary/aromatic N) is 2. The second-order valence-corrected chi connectivity index (χ2v) is 2.27. The van der Waals surface area contributed by atoms with Gasteiger partial charge in [-0.15, -0.1) is 0 Å². The third kappa shape index (κ3) is 10.5. The number of rotatable bonds is 6. The Morgan fingerprint density at radius 3 is 1.57 bits per heavy atom. The molecule has 0 rings (SSSR count). The van der Waals surface area contributed by atoms with E-state index in [1.54, 1.807) is 0 Å². The van der Waals surface area contributed by atoms with Crippen molar-refractivity contribution in [3.8, 4) is 24.0 Å². The maximum absolute atomic E-state index is 8.18. The fourth-order valence-electron chi connectivity index (χ4n) is 0.584. The molecule has 0 fully saturated rings. The molecule has 0 unspecified atom stereocenters. The molecule has 0 bridgehead atoms. The zero-order valence-electron chi connectivity index (χ0n) is 7.95. The zero-order valence-corrected chi connectivity index (χ0v) is 7.95. The van der Waals surface area contributed by atoms with E-state index in [0.717, 1.165) is 0 Å². The van der Waals surface area contributed by atoms with Gasteiger partial charge in [-0.1, -0.05) is 11.8 Å². The maximum atomic E-state index is 8.18. The van der Waals surface area contributed by atoms with Gasteiger partial charge in [0, 0.05) is 0 Å².